The van der Waals surface area contributed by atoms with Crippen LogP contribution in [-0.4, -0.2) is 69.9 Å². The standard InChI is InChI=1S/C40H36N6O4/c47-33-31-21-39(25-15-7-9-17-27(25)43-37(39)45(31)35(49)29(41-33)19-23-11-3-1-4-12-23)40-22-32-34(48)42-30(20-24-13-5-2-6-14-24)36(50)46(32)38(40)44-28-18-10-8-16-26(28)40/h1-18,29-32,37-38,43-44H,19-22H2,(H,41,47)(H,42,48)/t29-,30-,31-,32-,37+,38+,39+,40?/m1/s1. The topological polar surface area (TPSA) is 123 Å². The summed E-state index contributed by atoms with van der Waals surface area (Å²) < 4.78 is 0. The lowest BCUT2D eigenvalue weighted by molar-refractivity contribution is -0.149. The lowest BCUT2D eigenvalue weighted by atomic mass is 9.54. The predicted octanol–water partition coefficient (Wildman–Crippen LogP) is 3.05. The number of hydrogen-bond donors (Lipinski definition) is 4. The molecule has 0 aliphatic carbocycles. The molecule has 4 saturated heterocycles. The lowest BCUT2D eigenvalue weighted by Crippen LogP contribution is -2.67. The second-order valence-electron chi connectivity index (χ2n) is 14.6. The smallest absolute Gasteiger partial charge is 0.247 e. The predicted molar refractivity (Wildman–Crippen MR) is 186 cm³/mol. The summed E-state index contributed by atoms with van der Waals surface area (Å²) in [4.78, 5) is 61.2. The number of amides is 4. The SMILES string of the molecule is O=C1N[C@H](Cc2ccccc2)C(=O)N2[C@@H]1CC1([C@]34C[C@@H]5C(=O)N[C@H](Cc6ccccc6)C(=O)N5[C@@H]3Nc3ccccc34)c3ccccc3N[C@@H]21. The molecule has 10 rings (SSSR count). The van der Waals surface area contributed by atoms with Gasteiger partial charge in [0, 0.05) is 24.2 Å². The van der Waals surface area contributed by atoms with E-state index in [1.165, 1.54) is 0 Å². The maximum atomic E-state index is 14.6. The highest BCUT2D eigenvalue weighted by atomic mass is 16.2. The Morgan fingerprint density at radius 1 is 0.500 bits per heavy atom. The van der Waals surface area contributed by atoms with E-state index in [1.54, 1.807) is 9.80 Å². The minimum atomic E-state index is -0.861. The van der Waals surface area contributed by atoms with E-state index in [2.05, 4.69) is 33.4 Å². The Balaban J connectivity index is 1.13. The fourth-order valence-corrected chi connectivity index (χ4v) is 10.4. The van der Waals surface area contributed by atoms with Gasteiger partial charge in [0.15, 0.2) is 0 Å². The van der Waals surface area contributed by atoms with Gasteiger partial charge in [-0.2, -0.15) is 0 Å². The molecule has 0 spiro atoms. The third kappa shape index (κ3) is 3.73. The van der Waals surface area contributed by atoms with Crippen molar-refractivity contribution in [2.75, 3.05) is 10.6 Å². The van der Waals surface area contributed by atoms with Crippen molar-refractivity contribution in [3.8, 4) is 0 Å². The van der Waals surface area contributed by atoms with Crippen LogP contribution in [0.3, 0.4) is 0 Å². The maximum Gasteiger partial charge on any atom is 0.247 e. The molecule has 50 heavy (non-hydrogen) atoms. The van der Waals surface area contributed by atoms with Gasteiger partial charge in [-0.25, -0.2) is 0 Å². The summed E-state index contributed by atoms with van der Waals surface area (Å²) in [6.07, 6.45) is 0.273. The molecule has 10 heteroatoms. The summed E-state index contributed by atoms with van der Waals surface area (Å²) in [6.45, 7) is 0. The van der Waals surface area contributed by atoms with Crippen molar-refractivity contribution >= 4 is 35.0 Å². The molecule has 4 fully saturated rings. The molecule has 4 amide bonds. The van der Waals surface area contributed by atoms with E-state index in [1.807, 2.05) is 97.1 Å². The molecule has 10 nitrogen and oxygen atoms in total. The van der Waals surface area contributed by atoms with Gasteiger partial charge in [-0.15, -0.1) is 0 Å². The zero-order valence-corrected chi connectivity index (χ0v) is 27.2. The second-order valence-corrected chi connectivity index (χ2v) is 14.6. The van der Waals surface area contributed by atoms with Gasteiger partial charge in [0.1, 0.15) is 36.5 Å². The molecule has 1 unspecified atom stereocenters. The molecule has 0 bridgehead atoms. The second kappa shape index (κ2) is 10.4. The first-order valence-corrected chi connectivity index (χ1v) is 17.5. The van der Waals surface area contributed by atoms with E-state index in [0.29, 0.717) is 25.7 Å². The van der Waals surface area contributed by atoms with Gasteiger partial charge in [0.2, 0.25) is 23.6 Å². The van der Waals surface area contributed by atoms with Crippen LogP contribution in [0.4, 0.5) is 11.4 Å². The summed E-state index contributed by atoms with van der Waals surface area (Å²) in [5.74, 6) is -0.632. The number of hydrogen-bond acceptors (Lipinski definition) is 6. The zero-order valence-electron chi connectivity index (χ0n) is 27.2. The molecule has 4 aromatic carbocycles. The third-order valence-corrected chi connectivity index (χ3v) is 12.3. The fourth-order valence-electron chi connectivity index (χ4n) is 10.4. The van der Waals surface area contributed by atoms with E-state index in [4.69, 9.17) is 0 Å². The Morgan fingerprint density at radius 2 is 0.880 bits per heavy atom. The number of fused-ring (bicyclic) bond motifs is 11. The monoisotopic (exact) mass is 664 g/mol. The molecule has 0 saturated carbocycles. The molecule has 4 N–H and O–H groups in total. The number of benzene rings is 4. The number of piperazine rings is 2. The number of nitrogens with one attached hydrogen (secondary N) is 4. The van der Waals surface area contributed by atoms with Crippen LogP contribution in [0, 0.1) is 0 Å². The van der Waals surface area contributed by atoms with Crippen LogP contribution in [0.15, 0.2) is 109 Å². The zero-order chi connectivity index (χ0) is 33.8. The summed E-state index contributed by atoms with van der Waals surface area (Å²) in [5, 5.41) is 13.6. The first kappa shape index (κ1) is 29.3. The van der Waals surface area contributed by atoms with Crippen LogP contribution < -0.4 is 21.3 Å². The van der Waals surface area contributed by atoms with Gasteiger partial charge >= 0.3 is 0 Å². The van der Waals surface area contributed by atoms with Crippen LogP contribution >= 0.6 is 0 Å². The third-order valence-electron chi connectivity index (χ3n) is 12.3. The van der Waals surface area contributed by atoms with E-state index in [9.17, 15) is 19.2 Å². The minimum absolute atomic E-state index is 0.134. The summed E-state index contributed by atoms with van der Waals surface area (Å²) >= 11 is 0. The number of nitrogens with zero attached hydrogens (tertiary/aromatic N) is 2. The molecule has 6 aliphatic rings. The van der Waals surface area contributed by atoms with E-state index in [-0.39, 0.29) is 23.6 Å². The minimum Gasteiger partial charge on any atom is -0.364 e. The highest BCUT2D eigenvalue weighted by Gasteiger charge is 2.78. The van der Waals surface area contributed by atoms with Crippen molar-refractivity contribution in [3.63, 3.8) is 0 Å². The quantitative estimate of drug-likeness (QED) is 0.260. The van der Waals surface area contributed by atoms with Gasteiger partial charge in [0.25, 0.3) is 0 Å². The number of anilines is 2. The van der Waals surface area contributed by atoms with Crippen molar-refractivity contribution in [1.82, 2.24) is 20.4 Å². The van der Waals surface area contributed by atoms with Crippen molar-refractivity contribution in [2.45, 2.75) is 73.0 Å². The van der Waals surface area contributed by atoms with Crippen LogP contribution in [0.2, 0.25) is 0 Å². The highest BCUT2D eigenvalue weighted by Crippen LogP contribution is 2.68. The van der Waals surface area contributed by atoms with Gasteiger partial charge in [-0.05, 0) is 47.2 Å². The fraction of sp³-hybridized carbons (Fsp3) is 0.300. The van der Waals surface area contributed by atoms with E-state index >= 15 is 0 Å². The number of para-hydroxylation sites is 2. The summed E-state index contributed by atoms with van der Waals surface area (Å²) in [7, 11) is 0. The number of carbonyl (C=O) groups is 4. The van der Waals surface area contributed by atoms with Crippen LogP contribution in [0.5, 0.6) is 0 Å². The van der Waals surface area contributed by atoms with Gasteiger partial charge in [-0.3, -0.25) is 19.2 Å². The summed E-state index contributed by atoms with van der Waals surface area (Å²) in [5.41, 5.74) is 4.00. The van der Waals surface area contributed by atoms with Crippen LogP contribution in [0.25, 0.3) is 0 Å². The molecular formula is C40H36N6O4. The van der Waals surface area contributed by atoms with Crippen LogP contribution in [-0.2, 0) is 42.8 Å². The normalized spacial score (nSPS) is 32.9. The van der Waals surface area contributed by atoms with Crippen molar-refractivity contribution in [1.29, 1.82) is 0 Å². The molecule has 6 aliphatic heterocycles. The number of rotatable bonds is 5. The highest BCUT2D eigenvalue weighted by molar-refractivity contribution is 6.01. The average molecular weight is 665 g/mol. The summed E-state index contributed by atoms with van der Waals surface area (Å²) in [6, 6.07) is 32.8. The van der Waals surface area contributed by atoms with Gasteiger partial charge < -0.3 is 31.1 Å². The van der Waals surface area contributed by atoms with Crippen LogP contribution in [0.1, 0.15) is 35.1 Å². The van der Waals surface area contributed by atoms with Crippen molar-refractivity contribution < 1.29 is 19.2 Å². The Labute approximate surface area is 289 Å². The maximum absolute atomic E-state index is 14.6. The number of carbonyl (C=O) groups excluding carboxylic acids is 4. The molecule has 8 atom stereocenters. The van der Waals surface area contributed by atoms with Gasteiger partial charge in [-0.1, -0.05) is 97.1 Å². The molecule has 250 valence electrons. The molecule has 6 heterocycles. The lowest BCUT2D eigenvalue weighted by Gasteiger charge is -2.48. The average Bonchev–Trinajstić information content (AvgIpc) is 3.85. The first-order valence-electron chi connectivity index (χ1n) is 17.5. The first-order chi connectivity index (χ1) is 24.4. The van der Waals surface area contributed by atoms with E-state index < -0.39 is 47.3 Å². The molecule has 0 aromatic heterocycles. The Hall–Kier alpha value is -5.64. The molecule has 4 aromatic rings. The van der Waals surface area contributed by atoms with Crippen molar-refractivity contribution in [2.24, 2.45) is 0 Å². The molecular weight excluding hydrogens is 628 g/mol. The Kier molecular flexibility index (Phi) is 6.11. The van der Waals surface area contributed by atoms with Gasteiger partial charge in [0.05, 0.1) is 10.8 Å². The van der Waals surface area contributed by atoms with Crippen molar-refractivity contribution in [3.05, 3.63) is 131 Å². The molecule has 0 radical (unpaired) electrons. The Morgan fingerprint density at radius 3 is 1.30 bits per heavy atom. The van der Waals surface area contributed by atoms with E-state index in [0.717, 1.165) is 33.6 Å². The Bertz CT molecular complexity index is 1940. The largest absolute Gasteiger partial charge is 0.364 e.